The quantitative estimate of drug-likeness (QED) is 0.564. The lowest BCUT2D eigenvalue weighted by Gasteiger charge is -2.34. The molecule has 1 fully saturated rings. The monoisotopic (exact) mass is 252 g/mol. The second kappa shape index (κ2) is 6.40. The van der Waals surface area contributed by atoms with Crippen LogP contribution >= 0.6 is 0 Å². The summed E-state index contributed by atoms with van der Waals surface area (Å²) in [7, 11) is 0. The highest BCUT2D eigenvalue weighted by molar-refractivity contribution is 5.97. The van der Waals surface area contributed by atoms with Gasteiger partial charge in [0.25, 0.3) is 0 Å². The number of rotatable bonds is 5. The van der Waals surface area contributed by atoms with E-state index in [2.05, 4.69) is 6.92 Å². The third-order valence-electron chi connectivity index (χ3n) is 4.61. The molecule has 0 aromatic rings. The standard InChI is InChI=1S/C16H28O2/c1-5-13(6-2)14(17)12(3)15(18)16(4)10-8-7-9-11-16/h13,18H,5-11H2,1-4H3. The Morgan fingerprint density at radius 1 is 1.17 bits per heavy atom. The number of carbonyl (C=O) groups excluding carboxylic acids is 1. The van der Waals surface area contributed by atoms with Crippen molar-refractivity contribution in [1.29, 1.82) is 0 Å². The van der Waals surface area contributed by atoms with Crippen LogP contribution in [0, 0.1) is 11.3 Å². The van der Waals surface area contributed by atoms with E-state index in [0.29, 0.717) is 11.3 Å². The fourth-order valence-corrected chi connectivity index (χ4v) is 3.10. The van der Waals surface area contributed by atoms with E-state index in [1.54, 1.807) is 6.92 Å². The average molecular weight is 252 g/mol. The highest BCUT2D eigenvalue weighted by Gasteiger charge is 2.34. The molecule has 1 N–H and O–H groups in total. The predicted molar refractivity (Wildman–Crippen MR) is 75.6 cm³/mol. The van der Waals surface area contributed by atoms with Crippen LogP contribution in [-0.4, -0.2) is 10.9 Å². The Labute approximate surface area is 111 Å². The molecule has 0 saturated heterocycles. The summed E-state index contributed by atoms with van der Waals surface area (Å²) in [5.74, 6) is 0.572. The number of ketones is 1. The lowest BCUT2D eigenvalue weighted by molar-refractivity contribution is -0.119. The van der Waals surface area contributed by atoms with Crippen molar-refractivity contribution >= 4 is 5.78 Å². The zero-order valence-electron chi connectivity index (χ0n) is 12.4. The summed E-state index contributed by atoms with van der Waals surface area (Å²) >= 11 is 0. The summed E-state index contributed by atoms with van der Waals surface area (Å²) in [5.41, 5.74) is 0.442. The molecule has 1 aliphatic carbocycles. The zero-order chi connectivity index (χ0) is 13.8. The number of carbonyl (C=O) groups is 1. The lowest BCUT2D eigenvalue weighted by atomic mass is 9.72. The minimum absolute atomic E-state index is 0.0688. The summed E-state index contributed by atoms with van der Waals surface area (Å²) in [6.07, 6.45) is 7.30. The lowest BCUT2D eigenvalue weighted by Crippen LogP contribution is -2.26. The number of allylic oxidation sites excluding steroid dienone is 2. The van der Waals surface area contributed by atoms with Crippen LogP contribution in [0.15, 0.2) is 11.3 Å². The third-order valence-corrected chi connectivity index (χ3v) is 4.61. The van der Waals surface area contributed by atoms with Crippen molar-refractivity contribution in [3.8, 4) is 0 Å². The summed E-state index contributed by atoms with van der Waals surface area (Å²) in [5, 5.41) is 10.5. The van der Waals surface area contributed by atoms with E-state index >= 15 is 0 Å². The van der Waals surface area contributed by atoms with Gasteiger partial charge in [-0.2, -0.15) is 0 Å². The van der Waals surface area contributed by atoms with Crippen molar-refractivity contribution in [2.45, 2.75) is 72.6 Å². The molecule has 0 amide bonds. The minimum Gasteiger partial charge on any atom is -0.511 e. The van der Waals surface area contributed by atoms with E-state index in [1.165, 1.54) is 6.42 Å². The van der Waals surface area contributed by atoms with Crippen LogP contribution in [0.25, 0.3) is 0 Å². The normalized spacial score (nSPS) is 20.7. The van der Waals surface area contributed by atoms with Crippen molar-refractivity contribution in [2.24, 2.45) is 11.3 Å². The molecule has 0 aromatic heterocycles. The Morgan fingerprint density at radius 2 is 1.67 bits per heavy atom. The van der Waals surface area contributed by atoms with Gasteiger partial charge in [-0.15, -0.1) is 0 Å². The molecular weight excluding hydrogens is 224 g/mol. The summed E-state index contributed by atoms with van der Waals surface area (Å²) in [6, 6.07) is 0. The van der Waals surface area contributed by atoms with Gasteiger partial charge in [-0.1, -0.05) is 40.0 Å². The first-order valence-electron chi connectivity index (χ1n) is 7.40. The van der Waals surface area contributed by atoms with Gasteiger partial charge in [-0.25, -0.2) is 0 Å². The maximum Gasteiger partial charge on any atom is 0.164 e. The maximum atomic E-state index is 12.3. The van der Waals surface area contributed by atoms with Crippen LogP contribution in [0.3, 0.4) is 0 Å². The van der Waals surface area contributed by atoms with Crippen molar-refractivity contribution in [2.75, 3.05) is 0 Å². The fourth-order valence-electron chi connectivity index (χ4n) is 3.10. The number of hydrogen-bond acceptors (Lipinski definition) is 2. The van der Waals surface area contributed by atoms with Gasteiger partial charge in [0.15, 0.2) is 5.78 Å². The Morgan fingerprint density at radius 3 is 2.11 bits per heavy atom. The molecule has 2 nitrogen and oxygen atoms in total. The Bertz CT molecular complexity index is 318. The highest BCUT2D eigenvalue weighted by Crippen LogP contribution is 2.42. The first kappa shape index (κ1) is 15.3. The van der Waals surface area contributed by atoms with Crippen molar-refractivity contribution in [1.82, 2.24) is 0 Å². The van der Waals surface area contributed by atoms with Gasteiger partial charge in [-0.05, 0) is 32.6 Å². The van der Waals surface area contributed by atoms with Crippen molar-refractivity contribution < 1.29 is 9.90 Å². The Hall–Kier alpha value is -0.790. The van der Waals surface area contributed by atoms with Crippen LogP contribution in [0.1, 0.15) is 72.6 Å². The second-order valence-electron chi connectivity index (χ2n) is 5.97. The largest absolute Gasteiger partial charge is 0.511 e. The summed E-state index contributed by atoms with van der Waals surface area (Å²) in [6.45, 7) is 7.98. The third kappa shape index (κ3) is 3.15. The van der Waals surface area contributed by atoms with E-state index in [9.17, 15) is 9.90 Å². The topological polar surface area (TPSA) is 37.3 Å². The van der Waals surface area contributed by atoms with Gasteiger partial charge in [0, 0.05) is 16.9 Å². The van der Waals surface area contributed by atoms with E-state index in [0.717, 1.165) is 38.5 Å². The molecule has 0 aliphatic heterocycles. The number of aliphatic hydroxyl groups excluding tert-OH is 1. The second-order valence-corrected chi connectivity index (χ2v) is 5.97. The van der Waals surface area contributed by atoms with Gasteiger partial charge >= 0.3 is 0 Å². The molecule has 1 saturated carbocycles. The molecule has 18 heavy (non-hydrogen) atoms. The van der Waals surface area contributed by atoms with E-state index < -0.39 is 0 Å². The first-order valence-corrected chi connectivity index (χ1v) is 7.40. The summed E-state index contributed by atoms with van der Waals surface area (Å²) in [4.78, 5) is 12.3. The van der Waals surface area contributed by atoms with Crippen LogP contribution < -0.4 is 0 Å². The van der Waals surface area contributed by atoms with Crippen LogP contribution in [0.4, 0.5) is 0 Å². The molecule has 2 heteroatoms. The Kier molecular flexibility index (Phi) is 5.43. The molecule has 0 radical (unpaired) electrons. The van der Waals surface area contributed by atoms with Crippen molar-refractivity contribution in [3.63, 3.8) is 0 Å². The van der Waals surface area contributed by atoms with Crippen molar-refractivity contribution in [3.05, 3.63) is 11.3 Å². The molecular formula is C16H28O2. The molecule has 1 rings (SSSR count). The summed E-state index contributed by atoms with van der Waals surface area (Å²) < 4.78 is 0. The van der Waals surface area contributed by atoms with Gasteiger partial charge < -0.3 is 5.11 Å². The van der Waals surface area contributed by atoms with Gasteiger partial charge in [0.2, 0.25) is 0 Å². The van der Waals surface area contributed by atoms with Crippen LogP contribution in [-0.2, 0) is 4.79 Å². The van der Waals surface area contributed by atoms with E-state index in [1.807, 2.05) is 13.8 Å². The molecule has 0 bridgehead atoms. The van der Waals surface area contributed by atoms with Crippen LogP contribution in [0.2, 0.25) is 0 Å². The number of hydrogen-bond donors (Lipinski definition) is 1. The number of aliphatic hydroxyl groups is 1. The fraction of sp³-hybridized carbons (Fsp3) is 0.812. The minimum atomic E-state index is -0.163. The van der Waals surface area contributed by atoms with E-state index in [-0.39, 0.29) is 17.1 Å². The van der Waals surface area contributed by atoms with Gasteiger partial charge in [-0.3, -0.25) is 4.79 Å². The Balaban J connectivity index is 2.92. The smallest absolute Gasteiger partial charge is 0.164 e. The van der Waals surface area contributed by atoms with Gasteiger partial charge in [0.1, 0.15) is 5.76 Å². The molecule has 104 valence electrons. The molecule has 0 spiro atoms. The predicted octanol–water partition coefficient (Wildman–Crippen LogP) is 4.79. The first-order chi connectivity index (χ1) is 8.46. The zero-order valence-corrected chi connectivity index (χ0v) is 12.4. The van der Waals surface area contributed by atoms with E-state index in [4.69, 9.17) is 0 Å². The molecule has 1 aliphatic rings. The van der Waals surface area contributed by atoms with Crippen LogP contribution in [0.5, 0.6) is 0 Å². The highest BCUT2D eigenvalue weighted by atomic mass is 16.3. The molecule has 0 atom stereocenters. The van der Waals surface area contributed by atoms with Gasteiger partial charge in [0.05, 0.1) is 0 Å². The molecule has 0 aromatic carbocycles. The number of Topliss-reactive ketones (excluding diaryl/α,β-unsaturated/α-hetero) is 1. The molecule has 0 heterocycles. The molecule has 0 unspecified atom stereocenters. The average Bonchev–Trinajstić information content (AvgIpc) is 2.39. The maximum absolute atomic E-state index is 12.3. The SMILES string of the molecule is CCC(CC)C(=O)C(C)=C(O)C1(C)CCCCC1.